The Balaban J connectivity index is 2.56. The van der Waals surface area contributed by atoms with E-state index >= 15 is 0 Å². The number of anilines is 2. The summed E-state index contributed by atoms with van der Waals surface area (Å²) >= 11 is 5.89. The molecule has 0 heterocycles. The summed E-state index contributed by atoms with van der Waals surface area (Å²) in [6.07, 6.45) is 0. The molecule has 0 bridgehead atoms. The highest BCUT2D eigenvalue weighted by Gasteiger charge is 2.05. The molecule has 0 aromatic heterocycles. The molecular weight excluding hydrogens is 208 g/mol. The Morgan fingerprint density at radius 3 is 1.87 bits per heavy atom. The van der Waals surface area contributed by atoms with Crippen LogP contribution in [0.15, 0.2) is 42.5 Å². The molecule has 3 heteroatoms. The minimum atomic E-state index is 0.426. The van der Waals surface area contributed by atoms with Crippen molar-refractivity contribution in [1.82, 2.24) is 0 Å². The molecule has 2 aromatic carbocycles. The summed E-state index contributed by atoms with van der Waals surface area (Å²) in [4.78, 5) is 0. The number of halogens is 1. The highest BCUT2D eigenvalue weighted by Crippen LogP contribution is 2.32. The summed E-state index contributed by atoms with van der Waals surface area (Å²) in [5.74, 6) is 0. The molecule has 4 N–H and O–H groups in total. The van der Waals surface area contributed by atoms with Crippen LogP contribution in [0.3, 0.4) is 0 Å². The van der Waals surface area contributed by atoms with Crippen molar-refractivity contribution in [3.8, 4) is 11.1 Å². The third-order valence-electron chi connectivity index (χ3n) is 2.24. The maximum absolute atomic E-state index is 5.89. The number of benzene rings is 2. The lowest BCUT2D eigenvalue weighted by atomic mass is 10.0. The highest BCUT2D eigenvalue weighted by molar-refractivity contribution is 6.35. The van der Waals surface area contributed by atoms with Gasteiger partial charge in [0.25, 0.3) is 0 Å². The van der Waals surface area contributed by atoms with E-state index in [4.69, 9.17) is 23.1 Å². The number of nitrogen functional groups attached to an aromatic ring is 2. The molecule has 15 heavy (non-hydrogen) atoms. The van der Waals surface area contributed by atoms with Crippen molar-refractivity contribution < 1.29 is 0 Å². The molecule has 0 amide bonds. The first-order valence-electron chi connectivity index (χ1n) is 4.58. The summed E-state index contributed by atoms with van der Waals surface area (Å²) in [7, 11) is 0. The number of hydrogen-bond acceptors (Lipinski definition) is 2. The second-order valence-corrected chi connectivity index (χ2v) is 3.71. The average Bonchev–Trinajstić information content (AvgIpc) is 2.26. The summed E-state index contributed by atoms with van der Waals surface area (Å²) in [6.45, 7) is 0. The summed E-state index contributed by atoms with van der Waals surface area (Å²) < 4.78 is 0. The maximum Gasteiger partial charge on any atom is 0.0864 e. The van der Waals surface area contributed by atoms with Gasteiger partial charge in [0.15, 0.2) is 0 Å². The van der Waals surface area contributed by atoms with Crippen LogP contribution < -0.4 is 11.5 Å². The molecular formula is C12H11ClN2. The van der Waals surface area contributed by atoms with E-state index in [1.807, 2.05) is 42.5 Å². The lowest BCUT2D eigenvalue weighted by Crippen LogP contribution is -1.93. The van der Waals surface area contributed by atoms with Crippen LogP contribution in [0.1, 0.15) is 0 Å². The minimum absolute atomic E-state index is 0.426. The Hall–Kier alpha value is -1.67. The Kier molecular flexibility index (Phi) is 2.52. The number of rotatable bonds is 1. The molecule has 2 nitrogen and oxygen atoms in total. The third-order valence-corrected chi connectivity index (χ3v) is 2.67. The first-order valence-corrected chi connectivity index (χ1v) is 4.96. The van der Waals surface area contributed by atoms with Gasteiger partial charge in [-0.05, 0) is 23.3 Å². The van der Waals surface area contributed by atoms with Crippen LogP contribution in [0.4, 0.5) is 11.4 Å². The van der Waals surface area contributed by atoms with Crippen LogP contribution in [0, 0.1) is 0 Å². The van der Waals surface area contributed by atoms with E-state index < -0.39 is 0 Å². The second kappa shape index (κ2) is 3.83. The van der Waals surface area contributed by atoms with Gasteiger partial charge in [-0.15, -0.1) is 0 Å². The first-order chi connectivity index (χ1) is 7.18. The zero-order valence-electron chi connectivity index (χ0n) is 8.07. The van der Waals surface area contributed by atoms with E-state index in [1.54, 1.807) is 0 Å². The van der Waals surface area contributed by atoms with Crippen molar-refractivity contribution in [2.75, 3.05) is 11.5 Å². The van der Waals surface area contributed by atoms with Crippen LogP contribution in [0.5, 0.6) is 0 Å². The second-order valence-electron chi connectivity index (χ2n) is 3.33. The van der Waals surface area contributed by atoms with Gasteiger partial charge >= 0.3 is 0 Å². The summed E-state index contributed by atoms with van der Waals surface area (Å²) in [5, 5.41) is 0.426. The molecule has 0 aliphatic carbocycles. The number of hydrogen-bond donors (Lipinski definition) is 2. The lowest BCUT2D eigenvalue weighted by Gasteiger charge is -2.07. The normalized spacial score (nSPS) is 10.2. The monoisotopic (exact) mass is 218 g/mol. The highest BCUT2D eigenvalue weighted by atomic mass is 35.5. The van der Waals surface area contributed by atoms with Crippen molar-refractivity contribution in [2.24, 2.45) is 0 Å². The van der Waals surface area contributed by atoms with Gasteiger partial charge in [-0.1, -0.05) is 41.9 Å². The zero-order chi connectivity index (χ0) is 10.8. The van der Waals surface area contributed by atoms with Gasteiger partial charge in [-0.25, -0.2) is 0 Å². The van der Waals surface area contributed by atoms with Gasteiger partial charge in [0.2, 0.25) is 0 Å². The van der Waals surface area contributed by atoms with Crippen LogP contribution in [-0.4, -0.2) is 0 Å². The molecule has 0 spiro atoms. The van der Waals surface area contributed by atoms with E-state index in [0.717, 1.165) is 11.1 Å². The summed E-state index contributed by atoms with van der Waals surface area (Å²) in [5.41, 5.74) is 14.6. The standard InChI is InChI=1S/C12H11ClN2/c13-12-10(14)6-9(7-11(12)15)8-4-2-1-3-5-8/h1-7H,14-15H2. The van der Waals surface area contributed by atoms with Gasteiger partial charge in [0, 0.05) is 0 Å². The van der Waals surface area contributed by atoms with Gasteiger partial charge in [-0.2, -0.15) is 0 Å². The Labute approximate surface area is 93.5 Å². The molecule has 0 unspecified atom stereocenters. The van der Waals surface area contributed by atoms with Crippen molar-refractivity contribution >= 4 is 23.0 Å². The predicted molar refractivity (Wildman–Crippen MR) is 65.7 cm³/mol. The summed E-state index contributed by atoms with van der Waals surface area (Å²) in [6, 6.07) is 13.6. The van der Waals surface area contributed by atoms with Gasteiger partial charge in [0.1, 0.15) is 0 Å². The predicted octanol–water partition coefficient (Wildman–Crippen LogP) is 3.17. The molecule has 0 aliphatic rings. The van der Waals surface area contributed by atoms with Gasteiger partial charge in [-0.3, -0.25) is 0 Å². The molecule has 76 valence electrons. The third kappa shape index (κ3) is 1.90. The Bertz CT molecular complexity index is 457. The Morgan fingerprint density at radius 2 is 1.33 bits per heavy atom. The number of nitrogens with two attached hydrogens (primary N) is 2. The topological polar surface area (TPSA) is 52.0 Å². The fraction of sp³-hybridized carbons (Fsp3) is 0. The fourth-order valence-corrected chi connectivity index (χ4v) is 1.58. The van der Waals surface area contributed by atoms with Crippen LogP contribution in [0.25, 0.3) is 11.1 Å². The van der Waals surface area contributed by atoms with Crippen molar-refractivity contribution in [3.63, 3.8) is 0 Å². The SMILES string of the molecule is Nc1cc(-c2ccccc2)cc(N)c1Cl. The molecule has 0 atom stereocenters. The Morgan fingerprint density at radius 1 is 0.800 bits per heavy atom. The first kappa shape index (κ1) is 9.87. The lowest BCUT2D eigenvalue weighted by molar-refractivity contribution is 1.60. The molecule has 0 aliphatic heterocycles. The van der Waals surface area contributed by atoms with Crippen molar-refractivity contribution in [1.29, 1.82) is 0 Å². The fourth-order valence-electron chi connectivity index (χ4n) is 1.47. The zero-order valence-corrected chi connectivity index (χ0v) is 8.83. The quantitative estimate of drug-likeness (QED) is 0.723. The van der Waals surface area contributed by atoms with Gasteiger partial charge < -0.3 is 11.5 Å². The van der Waals surface area contributed by atoms with Crippen LogP contribution >= 0.6 is 11.6 Å². The minimum Gasteiger partial charge on any atom is -0.397 e. The van der Waals surface area contributed by atoms with E-state index in [2.05, 4.69) is 0 Å². The largest absolute Gasteiger partial charge is 0.397 e. The molecule has 0 saturated carbocycles. The smallest absolute Gasteiger partial charge is 0.0864 e. The van der Waals surface area contributed by atoms with E-state index in [9.17, 15) is 0 Å². The van der Waals surface area contributed by atoms with Crippen LogP contribution in [-0.2, 0) is 0 Å². The molecule has 2 aromatic rings. The van der Waals surface area contributed by atoms with Crippen molar-refractivity contribution in [2.45, 2.75) is 0 Å². The van der Waals surface area contributed by atoms with E-state index in [0.29, 0.717) is 16.4 Å². The maximum atomic E-state index is 5.89. The van der Waals surface area contributed by atoms with E-state index in [-0.39, 0.29) is 0 Å². The van der Waals surface area contributed by atoms with Gasteiger partial charge in [0.05, 0.1) is 16.4 Å². The average molecular weight is 219 g/mol. The molecule has 0 saturated heterocycles. The van der Waals surface area contributed by atoms with Crippen LogP contribution in [0.2, 0.25) is 5.02 Å². The van der Waals surface area contributed by atoms with E-state index in [1.165, 1.54) is 0 Å². The molecule has 0 fully saturated rings. The molecule has 2 rings (SSSR count). The molecule has 0 radical (unpaired) electrons. The van der Waals surface area contributed by atoms with Crippen molar-refractivity contribution in [3.05, 3.63) is 47.5 Å².